The van der Waals surface area contributed by atoms with Crippen LogP contribution in [0, 0.1) is 6.92 Å². The zero-order chi connectivity index (χ0) is 16.5. The van der Waals surface area contributed by atoms with Gasteiger partial charge in [-0.3, -0.25) is 9.69 Å². The van der Waals surface area contributed by atoms with E-state index < -0.39 is 0 Å². The number of aromatic nitrogens is 2. The molecular formula is C18H26N4O2. The van der Waals surface area contributed by atoms with Crippen LogP contribution in [0.15, 0.2) is 6.20 Å². The van der Waals surface area contributed by atoms with Crippen molar-refractivity contribution >= 4 is 5.91 Å². The summed E-state index contributed by atoms with van der Waals surface area (Å²) in [6.45, 7) is 5.49. The monoisotopic (exact) mass is 330 g/mol. The average molecular weight is 330 g/mol. The molecule has 0 N–H and O–H groups in total. The number of amides is 1. The van der Waals surface area contributed by atoms with E-state index in [9.17, 15) is 4.79 Å². The Morgan fingerprint density at radius 2 is 2.21 bits per heavy atom. The molecule has 0 radical (unpaired) electrons. The fourth-order valence-electron chi connectivity index (χ4n) is 4.28. The lowest BCUT2D eigenvalue weighted by Gasteiger charge is -2.44. The molecule has 0 spiro atoms. The molecule has 3 heterocycles. The minimum atomic E-state index is 0.254. The van der Waals surface area contributed by atoms with Gasteiger partial charge in [0.1, 0.15) is 5.82 Å². The van der Waals surface area contributed by atoms with E-state index in [-0.39, 0.29) is 12.0 Å². The molecule has 0 aromatic carbocycles. The van der Waals surface area contributed by atoms with Gasteiger partial charge in [0.05, 0.1) is 31.0 Å². The van der Waals surface area contributed by atoms with Crippen molar-refractivity contribution in [3.63, 3.8) is 0 Å². The largest absolute Gasteiger partial charge is 0.374 e. The lowest BCUT2D eigenvalue weighted by molar-refractivity contribution is -0.150. The first kappa shape index (κ1) is 16.0. The molecule has 1 aliphatic carbocycles. The van der Waals surface area contributed by atoms with Crippen molar-refractivity contribution in [3.8, 4) is 0 Å². The quantitative estimate of drug-likeness (QED) is 0.818. The van der Waals surface area contributed by atoms with Crippen molar-refractivity contribution in [1.82, 2.24) is 19.8 Å². The highest BCUT2D eigenvalue weighted by Gasteiger charge is 2.37. The van der Waals surface area contributed by atoms with Gasteiger partial charge in [0.2, 0.25) is 5.91 Å². The molecule has 130 valence electrons. The van der Waals surface area contributed by atoms with E-state index in [0.29, 0.717) is 19.2 Å². The van der Waals surface area contributed by atoms with E-state index in [1.807, 2.05) is 13.1 Å². The van der Waals surface area contributed by atoms with Crippen LogP contribution < -0.4 is 0 Å². The fourth-order valence-corrected chi connectivity index (χ4v) is 4.28. The highest BCUT2D eigenvalue weighted by atomic mass is 16.5. The standard InChI is InChI=1S/C18H26N4O2/c1-13-19-10-14-6-7-21(11-15(14)20-13)12-18(23)22-8-9-24-17-5-3-2-4-16(17)22/h10,16-17H,2-9,11-12H2,1H3/t16-,17+/m1/s1. The normalized spacial score (nSPS) is 27.5. The van der Waals surface area contributed by atoms with Crippen molar-refractivity contribution in [1.29, 1.82) is 0 Å². The van der Waals surface area contributed by atoms with E-state index in [1.165, 1.54) is 18.4 Å². The van der Waals surface area contributed by atoms with E-state index in [0.717, 1.165) is 50.4 Å². The Labute approximate surface area is 143 Å². The number of ether oxygens (including phenoxy) is 1. The molecule has 6 heteroatoms. The zero-order valence-corrected chi connectivity index (χ0v) is 14.4. The van der Waals surface area contributed by atoms with Crippen molar-refractivity contribution < 1.29 is 9.53 Å². The molecule has 2 fully saturated rings. The molecule has 0 unspecified atom stereocenters. The Kier molecular flexibility index (Phi) is 4.50. The smallest absolute Gasteiger partial charge is 0.237 e. The summed E-state index contributed by atoms with van der Waals surface area (Å²) in [7, 11) is 0. The SMILES string of the molecule is Cc1ncc2c(n1)CN(CC(=O)N1CCO[C@H]3CCCC[C@H]31)CC2. The van der Waals surface area contributed by atoms with Gasteiger partial charge in [-0.1, -0.05) is 12.8 Å². The van der Waals surface area contributed by atoms with Crippen molar-refractivity contribution in [3.05, 3.63) is 23.3 Å². The predicted molar refractivity (Wildman–Crippen MR) is 89.5 cm³/mol. The van der Waals surface area contributed by atoms with Gasteiger partial charge in [0, 0.05) is 25.8 Å². The summed E-state index contributed by atoms with van der Waals surface area (Å²) in [6.07, 6.45) is 7.75. The summed E-state index contributed by atoms with van der Waals surface area (Å²) < 4.78 is 5.89. The van der Waals surface area contributed by atoms with Crippen molar-refractivity contribution in [2.24, 2.45) is 0 Å². The van der Waals surface area contributed by atoms with Gasteiger partial charge in [-0.15, -0.1) is 0 Å². The van der Waals surface area contributed by atoms with Crippen LogP contribution in [0.1, 0.15) is 42.8 Å². The fraction of sp³-hybridized carbons (Fsp3) is 0.722. The van der Waals surface area contributed by atoms with Crippen LogP contribution in [0.2, 0.25) is 0 Å². The molecule has 1 saturated carbocycles. The number of morpholine rings is 1. The van der Waals surface area contributed by atoms with Gasteiger partial charge in [0.25, 0.3) is 0 Å². The van der Waals surface area contributed by atoms with Crippen LogP contribution in [0.4, 0.5) is 0 Å². The van der Waals surface area contributed by atoms with Gasteiger partial charge in [0.15, 0.2) is 0 Å². The number of nitrogens with zero attached hydrogens (tertiary/aromatic N) is 4. The number of carbonyl (C=O) groups excluding carboxylic acids is 1. The zero-order valence-electron chi connectivity index (χ0n) is 14.4. The molecule has 4 rings (SSSR count). The first-order valence-electron chi connectivity index (χ1n) is 9.15. The number of hydrogen-bond donors (Lipinski definition) is 0. The molecule has 0 bridgehead atoms. The second-order valence-electron chi connectivity index (χ2n) is 7.20. The first-order valence-corrected chi connectivity index (χ1v) is 9.15. The van der Waals surface area contributed by atoms with E-state index in [4.69, 9.17) is 4.74 Å². The molecule has 1 amide bonds. The number of rotatable bonds is 2. The third-order valence-electron chi connectivity index (χ3n) is 5.56. The second-order valence-corrected chi connectivity index (χ2v) is 7.20. The molecule has 6 nitrogen and oxygen atoms in total. The minimum Gasteiger partial charge on any atom is -0.374 e. The molecule has 1 saturated heterocycles. The van der Waals surface area contributed by atoms with Gasteiger partial charge < -0.3 is 9.64 Å². The second kappa shape index (κ2) is 6.76. The Bertz CT molecular complexity index is 619. The predicted octanol–water partition coefficient (Wildman–Crippen LogP) is 1.31. The summed E-state index contributed by atoms with van der Waals surface area (Å²) in [4.78, 5) is 26.0. The topological polar surface area (TPSA) is 58.6 Å². The number of aryl methyl sites for hydroxylation is 1. The Balaban J connectivity index is 1.41. The first-order chi connectivity index (χ1) is 11.7. The molecular weight excluding hydrogens is 304 g/mol. The molecule has 1 aromatic rings. The maximum Gasteiger partial charge on any atom is 0.237 e. The molecule has 2 aliphatic heterocycles. The Morgan fingerprint density at radius 1 is 1.33 bits per heavy atom. The van der Waals surface area contributed by atoms with Crippen LogP contribution in [-0.2, 0) is 22.5 Å². The lowest BCUT2D eigenvalue weighted by atomic mass is 9.90. The Morgan fingerprint density at radius 3 is 3.12 bits per heavy atom. The highest BCUT2D eigenvalue weighted by Crippen LogP contribution is 2.28. The van der Waals surface area contributed by atoms with E-state index in [2.05, 4.69) is 19.8 Å². The molecule has 1 aromatic heterocycles. The van der Waals surface area contributed by atoms with Crippen LogP contribution in [0.3, 0.4) is 0 Å². The molecule has 2 atom stereocenters. The van der Waals surface area contributed by atoms with Crippen LogP contribution in [-0.4, -0.2) is 64.1 Å². The lowest BCUT2D eigenvalue weighted by Crippen LogP contribution is -2.57. The summed E-state index contributed by atoms with van der Waals surface area (Å²) in [6, 6.07) is 0.293. The van der Waals surface area contributed by atoms with Crippen LogP contribution >= 0.6 is 0 Å². The van der Waals surface area contributed by atoms with E-state index >= 15 is 0 Å². The van der Waals surface area contributed by atoms with Gasteiger partial charge in [-0.05, 0) is 31.7 Å². The minimum absolute atomic E-state index is 0.254. The van der Waals surface area contributed by atoms with E-state index in [1.54, 1.807) is 0 Å². The third kappa shape index (κ3) is 3.17. The number of carbonyl (C=O) groups is 1. The van der Waals surface area contributed by atoms with Gasteiger partial charge in [-0.25, -0.2) is 9.97 Å². The number of fused-ring (bicyclic) bond motifs is 2. The summed E-state index contributed by atoms with van der Waals surface area (Å²) >= 11 is 0. The maximum atomic E-state index is 12.9. The summed E-state index contributed by atoms with van der Waals surface area (Å²) in [5.41, 5.74) is 2.31. The Hall–Kier alpha value is -1.53. The van der Waals surface area contributed by atoms with Crippen molar-refractivity contribution in [2.75, 3.05) is 26.2 Å². The molecule has 24 heavy (non-hydrogen) atoms. The van der Waals surface area contributed by atoms with Gasteiger partial charge in [-0.2, -0.15) is 0 Å². The molecule has 3 aliphatic rings. The third-order valence-corrected chi connectivity index (χ3v) is 5.56. The van der Waals surface area contributed by atoms with Crippen LogP contribution in [0.5, 0.6) is 0 Å². The van der Waals surface area contributed by atoms with Gasteiger partial charge >= 0.3 is 0 Å². The van der Waals surface area contributed by atoms with Crippen LogP contribution in [0.25, 0.3) is 0 Å². The summed E-state index contributed by atoms with van der Waals surface area (Å²) in [5.74, 6) is 1.06. The van der Waals surface area contributed by atoms with Crippen molar-refractivity contribution in [2.45, 2.75) is 57.7 Å². The maximum absolute atomic E-state index is 12.9. The average Bonchev–Trinajstić information content (AvgIpc) is 2.61. The number of hydrogen-bond acceptors (Lipinski definition) is 5. The highest BCUT2D eigenvalue weighted by molar-refractivity contribution is 5.78. The summed E-state index contributed by atoms with van der Waals surface area (Å²) in [5, 5.41) is 0.